The van der Waals surface area contributed by atoms with Crippen LogP contribution in [0.25, 0.3) is 10.8 Å². The lowest BCUT2D eigenvalue weighted by molar-refractivity contribution is -0.137. The molecule has 11 heteroatoms. The van der Waals surface area contributed by atoms with Crippen LogP contribution in [0.2, 0.25) is 0 Å². The average Bonchev–Trinajstić information content (AvgIpc) is 3.35. The van der Waals surface area contributed by atoms with E-state index in [-0.39, 0.29) is 13.2 Å². The van der Waals surface area contributed by atoms with Crippen LogP contribution in [0.15, 0.2) is 46.2 Å². The molecule has 0 amide bonds. The molecule has 0 aliphatic rings. The van der Waals surface area contributed by atoms with Crippen LogP contribution >= 0.6 is 11.3 Å². The van der Waals surface area contributed by atoms with E-state index >= 15 is 0 Å². The number of hydrogen-bond donors (Lipinski definition) is 2. The van der Waals surface area contributed by atoms with Crippen molar-refractivity contribution in [2.75, 3.05) is 13.6 Å². The Balaban J connectivity index is 1.70. The predicted octanol–water partition coefficient (Wildman–Crippen LogP) is 2.64. The van der Waals surface area contributed by atoms with Crippen LogP contribution < -0.4 is 9.46 Å². The number of benzene rings is 1. The fourth-order valence-electron chi connectivity index (χ4n) is 2.66. The highest BCUT2D eigenvalue weighted by atomic mass is 32.2. The largest absolute Gasteiger partial charge is 0.487 e. The number of oxazole rings is 1. The molecule has 2 N–H and O–H groups in total. The standard InChI is InChI=1S/C19H21N3O6S2/c1-13-16(21-19(28-13)17-7-4-8-29-17)12-27-15-6-3-5-14(9-15)10-22(11-18(23)24)30(25,26)20-2/h3-9,20H,10-12H2,1-2H3,(H,23,24). The molecule has 0 spiro atoms. The van der Waals surface area contributed by atoms with Gasteiger partial charge in [0.2, 0.25) is 5.89 Å². The average molecular weight is 452 g/mol. The lowest BCUT2D eigenvalue weighted by Gasteiger charge is -2.19. The second kappa shape index (κ2) is 9.39. The van der Waals surface area contributed by atoms with Gasteiger partial charge in [-0.2, -0.15) is 12.7 Å². The molecule has 2 aromatic heterocycles. The summed E-state index contributed by atoms with van der Waals surface area (Å²) < 4.78 is 38.6. The number of ether oxygens (including phenoxy) is 1. The van der Waals surface area contributed by atoms with E-state index in [1.54, 1.807) is 24.3 Å². The monoisotopic (exact) mass is 451 g/mol. The van der Waals surface area contributed by atoms with Crippen LogP contribution in [0.3, 0.4) is 0 Å². The lowest BCUT2D eigenvalue weighted by Crippen LogP contribution is -2.41. The van der Waals surface area contributed by atoms with Crippen molar-refractivity contribution < 1.29 is 27.5 Å². The maximum absolute atomic E-state index is 12.1. The first-order valence-electron chi connectivity index (χ1n) is 8.91. The molecule has 30 heavy (non-hydrogen) atoms. The second-order valence-electron chi connectivity index (χ2n) is 6.31. The van der Waals surface area contributed by atoms with Gasteiger partial charge in [-0.3, -0.25) is 4.79 Å². The van der Waals surface area contributed by atoms with Crippen molar-refractivity contribution in [3.63, 3.8) is 0 Å². The van der Waals surface area contributed by atoms with Gasteiger partial charge in [0, 0.05) is 13.6 Å². The van der Waals surface area contributed by atoms with E-state index in [1.807, 2.05) is 24.4 Å². The zero-order valence-electron chi connectivity index (χ0n) is 16.4. The number of carbonyl (C=O) groups is 1. The smallest absolute Gasteiger partial charge is 0.318 e. The van der Waals surface area contributed by atoms with E-state index in [0.29, 0.717) is 28.7 Å². The Morgan fingerprint density at radius 2 is 2.13 bits per heavy atom. The van der Waals surface area contributed by atoms with Gasteiger partial charge in [0.1, 0.15) is 30.4 Å². The van der Waals surface area contributed by atoms with Gasteiger partial charge in [-0.25, -0.2) is 9.71 Å². The number of nitrogens with zero attached hydrogens (tertiary/aromatic N) is 2. The van der Waals surface area contributed by atoms with E-state index in [2.05, 4.69) is 9.71 Å². The first-order valence-corrected chi connectivity index (χ1v) is 11.2. The first kappa shape index (κ1) is 22.0. The summed E-state index contributed by atoms with van der Waals surface area (Å²) in [6, 6.07) is 10.6. The predicted molar refractivity (Wildman–Crippen MR) is 111 cm³/mol. The van der Waals surface area contributed by atoms with Gasteiger partial charge >= 0.3 is 5.97 Å². The summed E-state index contributed by atoms with van der Waals surface area (Å²) in [7, 11) is -2.68. The minimum atomic E-state index is -3.91. The molecule has 160 valence electrons. The van der Waals surface area contributed by atoms with Gasteiger partial charge in [-0.05, 0) is 36.1 Å². The number of thiophene rings is 1. The normalized spacial score (nSPS) is 11.7. The molecule has 9 nitrogen and oxygen atoms in total. The molecule has 1 aromatic carbocycles. The Morgan fingerprint density at radius 1 is 1.33 bits per heavy atom. The van der Waals surface area contributed by atoms with Gasteiger partial charge in [0.15, 0.2) is 0 Å². The van der Waals surface area contributed by atoms with Gasteiger partial charge in [-0.1, -0.05) is 18.2 Å². The lowest BCUT2D eigenvalue weighted by atomic mass is 10.2. The van der Waals surface area contributed by atoms with E-state index in [1.165, 1.54) is 18.4 Å². The molecule has 0 bridgehead atoms. The van der Waals surface area contributed by atoms with Crippen molar-refractivity contribution in [3.05, 3.63) is 58.8 Å². The highest BCUT2D eigenvalue weighted by Gasteiger charge is 2.23. The number of hydrogen-bond acceptors (Lipinski definition) is 7. The molecule has 0 aliphatic heterocycles. The molecule has 3 aromatic rings. The first-order chi connectivity index (χ1) is 14.3. The highest BCUT2D eigenvalue weighted by molar-refractivity contribution is 7.87. The van der Waals surface area contributed by atoms with E-state index in [9.17, 15) is 13.2 Å². The molecule has 3 rings (SSSR count). The summed E-state index contributed by atoms with van der Waals surface area (Å²) in [4.78, 5) is 16.4. The molecule has 0 aliphatic carbocycles. The number of aliphatic carboxylic acids is 1. The zero-order valence-corrected chi connectivity index (χ0v) is 18.0. The fraction of sp³-hybridized carbons (Fsp3) is 0.263. The van der Waals surface area contributed by atoms with Gasteiger partial charge in [0.25, 0.3) is 10.2 Å². The Kier molecular flexibility index (Phi) is 6.87. The third kappa shape index (κ3) is 5.45. The van der Waals surface area contributed by atoms with Crippen LogP contribution in [-0.2, 0) is 28.2 Å². The maximum atomic E-state index is 12.1. The maximum Gasteiger partial charge on any atom is 0.318 e. The quantitative estimate of drug-likeness (QED) is 0.486. The van der Waals surface area contributed by atoms with Crippen molar-refractivity contribution in [2.24, 2.45) is 0 Å². The summed E-state index contributed by atoms with van der Waals surface area (Å²) in [5, 5.41) is 11.0. The van der Waals surface area contributed by atoms with Gasteiger partial charge < -0.3 is 14.3 Å². The minimum absolute atomic E-state index is 0.113. The number of nitrogens with one attached hydrogen (secondary N) is 1. The van der Waals surface area contributed by atoms with Gasteiger partial charge in [-0.15, -0.1) is 11.3 Å². The number of aromatic nitrogens is 1. The van der Waals surface area contributed by atoms with Crippen molar-refractivity contribution in [1.82, 2.24) is 14.0 Å². The topological polar surface area (TPSA) is 122 Å². The molecule has 0 saturated carbocycles. The SMILES string of the molecule is CNS(=O)(=O)N(CC(=O)O)Cc1cccc(OCc2nc(-c3cccs3)oc2C)c1. The third-order valence-electron chi connectivity index (χ3n) is 4.17. The summed E-state index contributed by atoms with van der Waals surface area (Å²) in [6.07, 6.45) is 0. The molecule has 2 heterocycles. The van der Waals surface area contributed by atoms with Crippen LogP contribution in [0.4, 0.5) is 0 Å². The van der Waals surface area contributed by atoms with Crippen LogP contribution in [0.5, 0.6) is 5.75 Å². The molecule has 0 atom stereocenters. The number of carboxylic acid groups (broad SMARTS) is 1. The van der Waals surface area contributed by atoms with Crippen molar-refractivity contribution in [3.8, 4) is 16.5 Å². The molecule has 0 radical (unpaired) electrons. The van der Waals surface area contributed by atoms with Crippen molar-refractivity contribution in [1.29, 1.82) is 0 Å². The Morgan fingerprint density at radius 3 is 2.80 bits per heavy atom. The van der Waals surface area contributed by atoms with Crippen molar-refractivity contribution >= 4 is 27.5 Å². The third-order valence-corrected chi connectivity index (χ3v) is 6.48. The Hall–Kier alpha value is -2.73. The fourth-order valence-corrected chi connectivity index (χ4v) is 4.17. The molecule has 0 fully saturated rings. The van der Waals surface area contributed by atoms with E-state index < -0.39 is 22.7 Å². The minimum Gasteiger partial charge on any atom is -0.487 e. The van der Waals surface area contributed by atoms with Gasteiger partial charge in [0.05, 0.1) is 4.88 Å². The zero-order chi connectivity index (χ0) is 21.7. The number of carboxylic acids is 1. The summed E-state index contributed by atoms with van der Waals surface area (Å²) in [5.41, 5.74) is 1.25. The highest BCUT2D eigenvalue weighted by Crippen LogP contribution is 2.26. The number of aryl methyl sites for hydroxylation is 1. The summed E-state index contributed by atoms with van der Waals surface area (Å²) in [5.74, 6) is 0.452. The Bertz CT molecular complexity index is 1110. The van der Waals surface area contributed by atoms with Crippen LogP contribution in [0, 0.1) is 6.92 Å². The second-order valence-corrected chi connectivity index (χ2v) is 9.13. The van der Waals surface area contributed by atoms with E-state index in [0.717, 1.165) is 9.18 Å². The summed E-state index contributed by atoms with van der Waals surface area (Å²) in [6.45, 7) is 1.22. The van der Waals surface area contributed by atoms with Crippen LogP contribution in [0.1, 0.15) is 17.0 Å². The molecular formula is C19H21N3O6S2. The molecular weight excluding hydrogens is 430 g/mol. The van der Waals surface area contributed by atoms with E-state index in [4.69, 9.17) is 14.3 Å². The van der Waals surface area contributed by atoms with Crippen molar-refractivity contribution in [2.45, 2.75) is 20.1 Å². The Labute approximate surface area is 178 Å². The number of rotatable bonds is 10. The molecule has 0 saturated heterocycles. The summed E-state index contributed by atoms with van der Waals surface area (Å²) >= 11 is 1.53. The van der Waals surface area contributed by atoms with Crippen LogP contribution in [-0.4, -0.2) is 42.4 Å². The molecule has 0 unspecified atom stereocenters.